The number of halogens is 1. The van der Waals surface area contributed by atoms with Gasteiger partial charge < -0.3 is 10.6 Å². The number of aromatic nitrogens is 2. The van der Waals surface area contributed by atoms with E-state index in [4.69, 9.17) is 17.4 Å². The fourth-order valence-corrected chi connectivity index (χ4v) is 3.25. The normalized spacial score (nSPS) is 11.4. The second-order valence-corrected chi connectivity index (χ2v) is 8.27. The molecule has 0 bridgehead atoms. The van der Waals surface area contributed by atoms with Crippen LogP contribution in [0.3, 0.4) is 0 Å². The van der Waals surface area contributed by atoms with Crippen LogP contribution in [0.25, 0.3) is 0 Å². The number of hydrogen-bond acceptors (Lipinski definition) is 4. The second kappa shape index (κ2) is 8.26. The van der Waals surface area contributed by atoms with E-state index in [1.807, 2.05) is 18.5 Å². The van der Waals surface area contributed by atoms with E-state index >= 15 is 0 Å². The Morgan fingerprint density at radius 2 is 1.96 bits per heavy atom. The largest absolute Gasteiger partial charge is 0.362 e. The molecule has 1 aromatic heterocycles. The van der Waals surface area contributed by atoms with Gasteiger partial charge in [0.05, 0.1) is 15.1 Å². The summed E-state index contributed by atoms with van der Waals surface area (Å²) in [6, 6.07) is 6.09. The maximum absolute atomic E-state index is 11.2. The van der Waals surface area contributed by atoms with Gasteiger partial charge in [-0.3, -0.25) is 4.68 Å². The number of nitrogens with two attached hydrogens (primary N) is 1. The Morgan fingerprint density at radius 1 is 1.32 bits per heavy atom. The molecular formula is C15H20BrN5O2S2. The SMILES string of the molecule is Cc1nn(CCCNC(=S)Nc2ccc(S(N)(=O)=O)cc2)c(C)c1Br. The summed E-state index contributed by atoms with van der Waals surface area (Å²) in [5.41, 5.74) is 2.77. The predicted octanol–water partition coefficient (Wildman–Crippen LogP) is 2.29. The van der Waals surface area contributed by atoms with Gasteiger partial charge in [-0.05, 0) is 72.7 Å². The summed E-state index contributed by atoms with van der Waals surface area (Å²) in [4.78, 5) is 0.0629. The first kappa shape index (κ1) is 19.8. The number of primary sulfonamides is 1. The molecule has 0 amide bonds. The molecular weight excluding hydrogens is 426 g/mol. The number of benzene rings is 1. The molecule has 1 heterocycles. The molecule has 1 aromatic carbocycles. The highest BCUT2D eigenvalue weighted by Gasteiger charge is 2.08. The van der Waals surface area contributed by atoms with Crippen molar-refractivity contribution >= 4 is 49.0 Å². The summed E-state index contributed by atoms with van der Waals surface area (Å²) in [6.07, 6.45) is 0.862. The summed E-state index contributed by atoms with van der Waals surface area (Å²) in [6.45, 7) is 5.47. The van der Waals surface area contributed by atoms with Crippen LogP contribution in [0.1, 0.15) is 17.8 Å². The molecule has 0 aliphatic rings. The number of hydrogen-bond donors (Lipinski definition) is 3. The first-order valence-corrected chi connectivity index (χ1v) is 10.3. The highest BCUT2D eigenvalue weighted by Crippen LogP contribution is 2.19. The number of thiocarbonyl (C=S) groups is 1. The van der Waals surface area contributed by atoms with Gasteiger partial charge in [-0.15, -0.1) is 0 Å². The molecule has 2 rings (SSSR count). The van der Waals surface area contributed by atoms with E-state index in [2.05, 4.69) is 31.7 Å². The van der Waals surface area contributed by atoms with Crippen LogP contribution in [0.2, 0.25) is 0 Å². The quantitative estimate of drug-likeness (QED) is 0.465. The zero-order chi connectivity index (χ0) is 18.6. The first-order valence-electron chi connectivity index (χ1n) is 7.55. The summed E-state index contributed by atoms with van der Waals surface area (Å²) in [5.74, 6) is 0. The van der Waals surface area contributed by atoms with Gasteiger partial charge in [-0.2, -0.15) is 5.10 Å². The molecule has 7 nitrogen and oxygen atoms in total. The molecule has 4 N–H and O–H groups in total. The molecule has 2 aromatic rings. The van der Waals surface area contributed by atoms with E-state index in [9.17, 15) is 8.42 Å². The molecule has 0 radical (unpaired) electrons. The van der Waals surface area contributed by atoms with Gasteiger partial charge in [-0.1, -0.05) is 0 Å². The smallest absolute Gasteiger partial charge is 0.238 e. The summed E-state index contributed by atoms with van der Waals surface area (Å²) in [5, 5.41) is 16.1. The van der Waals surface area contributed by atoms with Crippen molar-refractivity contribution in [2.75, 3.05) is 11.9 Å². The Kier molecular flexibility index (Phi) is 6.55. The van der Waals surface area contributed by atoms with Crippen LogP contribution in [-0.4, -0.2) is 29.9 Å². The van der Waals surface area contributed by atoms with E-state index in [0.717, 1.165) is 28.8 Å². The van der Waals surface area contributed by atoms with E-state index in [1.165, 1.54) is 12.1 Å². The maximum atomic E-state index is 11.2. The van der Waals surface area contributed by atoms with Crippen molar-refractivity contribution in [2.45, 2.75) is 31.7 Å². The van der Waals surface area contributed by atoms with E-state index in [-0.39, 0.29) is 4.90 Å². The zero-order valence-corrected chi connectivity index (χ0v) is 17.1. The third-order valence-electron chi connectivity index (χ3n) is 3.57. The number of nitrogens with one attached hydrogen (secondary N) is 2. The minimum atomic E-state index is -3.68. The number of aryl methyl sites for hydroxylation is 2. The molecule has 0 aliphatic heterocycles. The van der Waals surface area contributed by atoms with Crippen molar-refractivity contribution < 1.29 is 8.42 Å². The highest BCUT2D eigenvalue weighted by molar-refractivity contribution is 9.10. The molecule has 0 fully saturated rings. The second-order valence-electron chi connectivity index (χ2n) is 5.51. The fourth-order valence-electron chi connectivity index (χ4n) is 2.23. The summed E-state index contributed by atoms with van der Waals surface area (Å²) < 4.78 is 25.4. The molecule has 10 heteroatoms. The Balaban J connectivity index is 1.78. The van der Waals surface area contributed by atoms with Gasteiger partial charge in [0.2, 0.25) is 10.0 Å². The summed E-state index contributed by atoms with van der Waals surface area (Å²) in [7, 11) is -3.68. The minimum absolute atomic E-state index is 0.0629. The monoisotopic (exact) mass is 445 g/mol. The van der Waals surface area contributed by atoms with Crippen LogP contribution in [0.15, 0.2) is 33.6 Å². The lowest BCUT2D eigenvalue weighted by Crippen LogP contribution is -2.29. The van der Waals surface area contributed by atoms with Crippen LogP contribution >= 0.6 is 28.1 Å². The van der Waals surface area contributed by atoms with Gasteiger partial charge in [0.25, 0.3) is 0 Å². The Hall–Kier alpha value is -1.49. The molecule has 0 saturated carbocycles. The minimum Gasteiger partial charge on any atom is -0.362 e. The van der Waals surface area contributed by atoms with Gasteiger partial charge in [-0.25, -0.2) is 13.6 Å². The van der Waals surface area contributed by atoms with Crippen molar-refractivity contribution in [1.82, 2.24) is 15.1 Å². The van der Waals surface area contributed by atoms with Crippen molar-refractivity contribution in [3.63, 3.8) is 0 Å². The van der Waals surface area contributed by atoms with Crippen LogP contribution in [0.4, 0.5) is 5.69 Å². The van der Waals surface area contributed by atoms with Gasteiger partial charge >= 0.3 is 0 Å². The van der Waals surface area contributed by atoms with Crippen molar-refractivity contribution in [2.24, 2.45) is 5.14 Å². The Bertz CT molecular complexity index is 863. The third-order valence-corrected chi connectivity index (χ3v) is 5.89. The number of sulfonamides is 1. The van der Waals surface area contributed by atoms with Crippen LogP contribution < -0.4 is 15.8 Å². The number of rotatable bonds is 6. The van der Waals surface area contributed by atoms with Gasteiger partial charge in [0, 0.05) is 24.5 Å². The standard InChI is InChI=1S/C15H20BrN5O2S2/c1-10-14(16)11(2)21(20-10)9-3-8-18-15(24)19-12-4-6-13(7-5-12)25(17,22)23/h4-7H,3,8-9H2,1-2H3,(H2,17,22,23)(H2,18,19,24). The average molecular weight is 446 g/mol. The third kappa shape index (κ3) is 5.50. The lowest BCUT2D eigenvalue weighted by Gasteiger charge is -2.11. The molecule has 0 unspecified atom stereocenters. The number of anilines is 1. The Morgan fingerprint density at radius 3 is 2.48 bits per heavy atom. The highest BCUT2D eigenvalue weighted by atomic mass is 79.9. The topological polar surface area (TPSA) is 102 Å². The lowest BCUT2D eigenvalue weighted by molar-refractivity contribution is 0.558. The summed E-state index contributed by atoms with van der Waals surface area (Å²) >= 11 is 8.74. The first-order chi connectivity index (χ1) is 11.7. The predicted molar refractivity (Wildman–Crippen MR) is 106 cm³/mol. The lowest BCUT2D eigenvalue weighted by atomic mass is 10.3. The fraction of sp³-hybridized carbons (Fsp3) is 0.333. The van der Waals surface area contributed by atoms with E-state index in [0.29, 0.717) is 17.3 Å². The van der Waals surface area contributed by atoms with Gasteiger partial charge in [0.15, 0.2) is 5.11 Å². The van der Waals surface area contributed by atoms with Crippen LogP contribution in [0, 0.1) is 13.8 Å². The van der Waals surface area contributed by atoms with Crippen molar-refractivity contribution in [3.8, 4) is 0 Å². The molecule has 0 atom stereocenters. The van der Waals surface area contributed by atoms with Gasteiger partial charge in [0.1, 0.15) is 0 Å². The average Bonchev–Trinajstić information content (AvgIpc) is 2.78. The van der Waals surface area contributed by atoms with Crippen molar-refractivity contribution in [1.29, 1.82) is 0 Å². The zero-order valence-electron chi connectivity index (χ0n) is 13.9. The van der Waals surface area contributed by atoms with Crippen LogP contribution in [-0.2, 0) is 16.6 Å². The molecule has 0 saturated heterocycles. The van der Waals surface area contributed by atoms with Crippen LogP contribution in [0.5, 0.6) is 0 Å². The molecule has 0 aliphatic carbocycles. The van der Waals surface area contributed by atoms with Crippen molar-refractivity contribution in [3.05, 3.63) is 40.1 Å². The maximum Gasteiger partial charge on any atom is 0.238 e. The number of nitrogens with zero attached hydrogens (tertiary/aromatic N) is 2. The van der Waals surface area contributed by atoms with E-state index in [1.54, 1.807) is 12.1 Å². The Labute approximate surface area is 161 Å². The molecule has 0 spiro atoms. The van der Waals surface area contributed by atoms with E-state index < -0.39 is 10.0 Å². The molecule has 25 heavy (non-hydrogen) atoms. The molecule has 136 valence electrons.